The molecule has 4 rings (SSSR count). The first-order valence-electron chi connectivity index (χ1n) is 9.99. The van der Waals surface area contributed by atoms with Crippen LogP contribution in [0.4, 0.5) is 0 Å². The van der Waals surface area contributed by atoms with Crippen molar-refractivity contribution in [3.63, 3.8) is 0 Å². The molecule has 1 aliphatic rings. The van der Waals surface area contributed by atoms with E-state index in [0.29, 0.717) is 44.4 Å². The summed E-state index contributed by atoms with van der Waals surface area (Å²) in [6.45, 7) is 2.73. The van der Waals surface area contributed by atoms with Gasteiger partial charge >= 0.3 is 5.69 Å². The maximum atomic E-state index is 13.3. The highest BCUT2D eigenvalue weighted by Crippen LogP contribution is 2.35. The largest absolute Gasteiger partial charge is 0.378 e. The molecule has 0 spiro atoms. The SMILES string of the molecule is O=C([C@@H](Sc1n[nH]c(=O)n1CCc1ccccc1)c1ccccc1)N1CCOCC1. The first-order chi connectivity index (χ1) is 14.7. The minimum atomic E-state index is -0.477. The number of rotatable bonds is 7. The fourth-order valence-corrected chi connectivity index (χ4v) is 4.57. The number of carbonyl (C=O) groups is 1. The van der Waals surface area contributed by atoms with Crippen molar-refractivity contribution in [3.05, 3.63) is 82.3 Å². The lowest BCUT2D eigenvalue weighted by molar-refractivity contribution is -0.134. The highest BCUT2D eigenvalue weighted by atomic mass is 32.2. The number of aromatic amines is 1. The fourth-order valence-electron chi connectivity index (χ4n) is 3.42. The van der Waals surface area contributed by atoms with E-state index in [0.717, 1.165) is 11.1 Å². The van der Waals surface area contributed by atoms with Crippen LogP contribution in [-0.4, -0.2) is 51.9 Å². The van der Waals surface area contributed by atoms with Crippen LogP contribution in [0.5, 0.6) is 0 Å². The number of aryl methyl sites for hydroxylation is 1. The number of carbonyl (C=O) groups excluding carboxylic acids is 1. The second-order valence-electron chi connectivity index (χ2n) is 7.04. The van der Waals surface area contributed by atoms with E-state index in [2.05, 4.69) is 10.2 Å². The zero-order valence-electron chi connectivity index (χ0n) is 16.6. The number of nitrogens with zero attached hydrogens (tertiary/aromatic N) is 3. The molecule has 0 bridgehead atoms. The van der Waals surface area contributed by atoms with Gasteiger partial charge in [0.1, 0.15) is 5.25 Å². The van der Waals surface area contributed by atoms with Gasteiger partial charge in [-0.05, 0) is 17.5 Å². The number of amides is 1. The summed E-state index contributed by atoms with van der Waals surface area (Å²) in [5, 5.41) is 6.80. The molecule has 0 saturated carbocycles. The van der Waals surface area contributed by atoms with Crippen molar-refractivity contribution in [1.82, 2.24) is 19.7 Å². The molecule has 8 heteroatoms. The molecule has 2 heterocycles. The van der Waals surface area contributed by atoms with Crippen LogP contribution < -0.4 is 5.69 Å². The average molecular weight is 425 g/mol. The molecule has 1 saturated heterocycles. The Morgan fingerprint density at radius 2 is 1.73 bits per heavy atom. The maximum Gasteiger partial charge on any atom is 0.343 e. The summed E-state index contributed by atoms with van der Waals surface area (Å²) in [6, 6.07) is 19.6. The Morgan fingerprint density at radius 3 is 2.43 bits per heavy atom. The van der Waals surface area contributed by atoms with Crippen molar-refractivity contribution < 1.29 is 9.53 Å². The predicted octanol–water partition coefficient (Wildman–Crippen LogP) is 2.51. The molecule has 1 fully saturated rings. The molecule has 2 aromatic carbocycles. The van der Waals surface area contributed by atoms with Crippen molar-refractivity contribution in [2.75, 3.05) is 26.3 Å². The third-order valence-electron chi connectivity index (χ3n) is 5.06. The number of hydrogen-bond acceptors (Lipinski definition) is 5. The van der Waals surface area contributed by atoms with E-state index >= 15 is 0 Å². The van der Waals surface area contributed by atoms with Crippen LogP contribution in [0, 0.1) is 0 Å². The summed E-state index contributed by atoms with van der Waals surface area (Å²) in [5.74, 6) is 0.0135. The quantitative estimate of drug-likeness (QED) is 0.590. The monoisotopic (exact) mass is 424 g/mol. The standard InChI is InChI=1S/C22H24N4O3S/c27-20(25-13-15-29-16-14-25)19(18-9-5-2-6-10-18)30-22-24-23-21(28)26(22)12-11-17-7-3-1-4-8-17/h1-10,19H,11-16H2,(H,23,28)/t19-/m0/s1. The number of benzene rings is 2. The van der Waals surface area contributed by atoms with E-state index < -0.39 is 5.25 Å². The number of H-pyrrole nitrogens is 1. The van der Waals surface area contributed by atoms with Crippen LogP contribution >= 0.6 is 11.8 Å². The maximum absolute atomic E-state index is 13.3. The third kappa shape index (κ3) is 4.83. The van der Waals surface area contributed by atoms with Crippen LogP contribution in [0.15, 0.2) is 70.6 Å². The zero-order valence-corrected chi connectivity index (χ0v) is 17.4. The number of nitrogens with one attached hydrogen (secondary N) is 1. The van der Waals surface area contributed by atoms with Gasteiger partial charge in [-0.15, -0.1) is 5.10 Å². The summed E-state index contributed by atoms with van der Waals surface area (Å²) < 4.78 is 7.00. The molecule has 7 nitrogen and oxygen atoms in total. The first-order valence-corrected chi connectivity index (χ1v) is 10.9. The van der Waals surface area contributed by atoms with Gasteiger partial charge in [-0.25, -0.2) is 9.89 Å². The minimum absolute atomic E-state index is 0.0135. The molecular weight excluding hydrogens is 400 g/mol. The molecule has 0 unspecified atom stereocenters. The van der Waals surface area contributed by atoms with E-state index in [1.807, 2.05) is 65.6 Å². The molecule has 1 N–H and O–H groups in total. The van der Waals surface area contributed by atoms with Crippen molar-refractivity contribution in [3.8, 4) is 0 Å². The summed E-state index contributed by atoms with van der Waals surface area (Å²) in [6.07, 6.45) is 0.710. The second kappa shape index (κ2) is 9.77. The van der Waals surface area contributed by atoms with Crippen molar-refractivity contribution in [1.29, 1.82) is 0 Å². The van der Waals surface area contributed by atoms with Crippen LogP contribution in [0.2, 0.25) is 0 Å². The van der Waals surface area contributed by atoms with Gasteiger partial charge in [0.25, 0.3) is 0 Å². The summed E-state index contributed by atoms with van der Waals surface area (Å²) in [7, 11) is 0. The Labute approximate surface area is 179 Å². The minimum Gasteiger partial charge on any atom is -0.378 e. The number of morpholine rings is 1. The lowest BCUT2D eigenvalue weighted by atomic mass is 10.1. The Balaban J connectivity index is 1.57. The highest BCUT2D eigenvalue weighted by molar-refractivity contribution is 8.00. The predicted molar refractivity (Wildman–Crippen MR) is 115 cm³/mol. The molecule has 156 valence electrons. The van der Waals surface area contributed by atoms with Gasteiger partial charge in [-0.1, -0.05) is 72.4 Å². The lowest BCUT2D eigenvalue weighted by Crippen LogP contribution is -2.42. The number of thioether (sulfide) groups is 1. The lowest BCUT2D eigenvalue weighted by Gasteiger charge is -2.30. The van der Waals surface area contributed by atoms with Crippen LogP contribution in [0.1, 0.15) is 16.4 Å². The Morgan fingerprint density at radius 1 is 1.07 bits per heavy atom. The molecule has 1 amide bonds. The van der Waals surface area contributed by atoms with Gasteiger partial charge in [0.05, 0.1) is 13.2 Å². The normalized spacial score (nSPS) is 15.1. The van der Waals surface area contributed by atoms with Crippen molar-refractivity contribution in [2.45, 2.75) is 23.4 Å². The van der Waals surface area contributed by atoms with Crippen LogP contribution in [0.25, 0.3) is 0 Å². The van der Waals surface area contributed by atoms with E-state index in [1.165, 1.54) is 11.8 Å². The Bertz CT molecular complexity index is 1010. The zero-order chi connectivity index (χ0) is 20.8. The highest BCUT2D eigenvalue weighted by Gasteiger charge is 2.30. The van der Waals surface area contributed by atoms with Gasteiger partial charge in [-0.3, -0.25) is 9.36 Å². The van der Waals surface area contributed by atoms with Gasteiger partial charge in [-0.2, -0.15) is 0 Å². The summed E-state index contributed by atoms with van der Waals surface area (Å²) >= 11 is 1.31. The van der Waals surface area contributed by atoms with E-state index in [1.54, 1.807) is 4.57 Å². The average Bonchev–Trinajstić information content (AvgIpc) is 3.16. The Kier molecular flexibility index (Phi) is 6.66. The van der Waals surface area contributed by atoms with E-state index in [9.17, 15) is 9.59 Å². The molecule has 0 radical (unpaired) electrons. The number of hydrogen-bond donors (Lipinski definition) is 1. The molecule has 1 atom stereocenters. The van der Waals surface area contributed by atoms with Gasteiger partial charge in [0, 0.05) is 19.6 Å². The molecule has 30 heavy (non-hydrogen) atoms. The van der Waals surface area contributed by atoms with E-state index in [4.69, 9.17) is 4.74 Å². The van der Waals surface area contributed by atoms with Gasteiger partial charge in [0.2, 0.25) is 5.91 Å². The van der Waals surface area contributed by atoms with Crippen LogP contribution in [-0.2, 0) is 22.5 Å². The van der Waals surface area contributed by atoms with Gasteiger partial charge in [0.15, 0.2) is 5.16 Å². The van der Waals surface area contributed by atoms with Crippen molar-refractivity contribution >= 4 is 17.7 Å². The van der Waals surface area contributed by atoms with E-state index in [-0.39, 0.29) is 11.6 Å². The molecule has 0 aliphatic carbocycles. The third-order valence-corrected chi connectivity index (χ3v) is 6.29. The number of ether oxygens (including phenoxy) is 1. The summed E-state index contributed by atoms with van der Waals surface area (Å²) in [5.41, 5.74) is 1.77. The molecule has 3 aromatic rings. The van der Waals surface area contributed by atoms with Crippen molar-refractivity contribution in [2.24, 2.45) is 0 Å². The topological polar surface area (TPSA) is 80.2 Å². The molecular formula is C22H24N4O3S. The molecule has 1 aliphatic heterocycles. The van der Waals surface area contributed by atoms with Gasteiger partial charge < -0.3 is 9.64 Å². The summed E-state index contributed by atoms with van der Waals surface area (Å²) in [4.78, 5) is 27.5. The first kappa shape index (κ1) is 20.4. The Hall–Kier alpha value is -2.84. The van der Waals surface area contributed by atoms with Crippen LogP contribution in [0.3, 0.4) is 0 Å². The fraction of sp³-hybridized carbons (Fsp3) is 0.318. The second-order valence-corrected chi connectivity index (χ2v) is 8.12. The smallest absolute Gasteiger partial charge is 0.343 e. The molecule has 1 aromatic heterocycles. The number of aromatic nitrogens is 3.